The molecule has 0 spiro atoms. The van der Waals surface area contributed by atoms with Crippen LogP contribution in [0.3, 0.4) is 0 Å². The van der Waals surface area contributed by atoms with Crippen LogP contribution in [0.4, 0.5) is 4.39 Å². The van der Waals surface area contributed by atoms with Gasteiger partial charge in [-0.2, -0.15) is 0 Å². The Bertz CT molecular complexity index is 387. The molecule has 0 bridgehead atoms. The van der Waals surface area contributed by atoms with Gasteiger partial charge in [-0.1, -0.05) is 17.7 Å². The second-order valence-electron chi connectivity index (χ2n) is 3.27. The largest absolute Gasteiger partial charge is 0.362 e. The van der Waals surface area contributed by atoms with Gasteiger partial charge < -0.3 is 10.1 Å². The van der Waals surface area contributed by atoms with Crippen molar-refractivity contribution in [2.45, 2.75) is 6.10 Å². The zero-order valence-electron chi connectivity index (χ0n) is 7.80. The van der Waals surface area contributed by atoms with Gasteiger partial charge in [-0.25, -0.2) is 4.39 Å². The first-order valence-electron chi connectivity index (χ1n) is 4.50. The Kier molecular flexibility index (Phi) is 2.88. The van der Waals surface area contributed by atoms with Crippen molar-refractivity contribution in [1.29, 1.82) is 0 Å². The molecule has 1 saturated heterocycles. The van der Waals surface area contributed by atoms with Gasteiger partial charge in [0.15, 0.2) is 0 Å². The van der Waals surface area contributed by atoms with E-state index >= 15 is 0 Å². The monoisotopic (exact) mass is 229 g/mol. The lowest BCUT2D eigenvalue weighted by atomic mass is 10.1. The van der Waals surface area contributed by atoms with Crippen LogP contribution in [-0.2, 0) is 9.53 Å². The van der Waals surface area contributed by atoms with Crippen molar-refractivity contribution in [3.63, 3.8) is 0 Å². The molecule has 80 valence electrons. The van der Waals surface area contributed by atoms with E-state index in [2.05, 4.69) is 5.32 Å². The van der Waals surface area contributed by atoms with E-state index in [9.17, 15) is 9.18 Å². The predicted molar refractivity (Wildman–Crippen MR) is 53.1 cm³/mol. The number of ether oxygens (including phenoxy) is 1. The van der Waals surface area contributed by atoms with Gasteiger partial charge in [0.2, 0.25) is 5.91 Å². The molecule has 0 aromatic heterocycles. The van der Waals surface area contributed by atoms with Crippen LogP contribution in [0.15, 0.2) is 18.2 Å². The molecule has 1 aliphatic heterocycles. The number of morpholine rings is 1. The van der Waals surface area contributed by atoms with Gasteiger partial charge in [-0.15, -0.1) is 0 Å². The number of amides is 1. The third-order valence-electron chi connectivity index (χ3n) is 2.21. The normalized spacial score (nSPS) is 21.2. The lowest BCUT2D eigenvalue weighted by Gasteiger charge is -2.23. The van der Waals surface area contributed by atoms with Crippen LogP contribution in [0.5, 0.6) is 0 Å². The molecule has 1 heterocycles. The highest BCUT2D eigenvalue weighted by Gasteiger charge is 2.22. The van der Waals surface area contributed by atoms with Gasteiger partial charge in [0, 0.05) is 17.1 Å². The van der Waals surface area contributed by atoms with Gasteiger partial charge >= 0.3 is 0 Å². The third-order valence-corrected chi connectivity index (χ3v) is 2.44. The summed E-state index contributed by atoms with van der Waals surface area (Å²) in [5.74, 6) is -0.593. The van der Waals surface area contributed by atoms with Gasteiger partial charge in [0.05, 0.1) is 0 Å². The first kappa shape index (κ1) is 10.4. The molecule has 15 heavy (non-hydrogen) atoms. The molecule has 1 aromatic rings. The summed E-state index contributed by atoms with van der Waals surface area (Å²) < 4.78 is 18.7. The Morgan fingerprint density at radius 1 is 1.53 bits per heavy atom. The Balaban J connectivity index is 2.19. The lowest BCUT2D eigenvalue weighted by molar-refractivity contribution is -0.133. The molecule has 3 nitrogen and oxygen atoms in total. The minimum Gasteiger partial charge on any atom is -0.362 e. The van der Waals surface area contributed by atoms with Crippen LogP contribution < -0.4 is 5.32 Å². The highest BCUT2D eigenvalue weighted by molar-refractivity contribution is 6.30. The SMILES string of the molecule is O=C1CO[C@H](c2ccc(Cl)cc2F)CN1. The van der Waals surface area contributed by atoms with Gasteiger partial charge in [0.1, 0.15) is 18.5 Å². The fraction of sp³-hybridized carbons (Fsp3) is 0.300. The van der Waals surface area contributed by atoms with Crippen molar-refractivity contribution in [3.05, 3.63) is 34.6 Å². The molecule has 2 rings (SSSR count). The van der Waals surface area contributed by atoms with Crippen LogP contribution in [0.1, 0.15) is 11.7 Å². The molecule has 5 heteroatoms. The quantitative estimate of drug-likeness (QED) is 0.796. The van der Waals surface area contributed by atoms with Crippen LogP contribution in [-0.4, -0.2) is 19.1 Å². The summed E-state index contributed by atoms with van der Waals surface area (Å²) in [5, 5.41) is 2.95. The predicted octanol–water partition coefficient (Wildman–Crippen LogP) is 1.67. The molecular formula is C10H9ClFNO2. The highest BCUT2D eigenvalue weighted by atomic mass is 35.5. The number of carbonyl (C=O) groups is 1. The van der Waals surface area contributed by atoms with E-state index in [4.69, 9.17) is 16.3 Å². The maximum atomic E-state index is 13.5. The number of halogens is 2. The summed E-state index contributed by atoms with van der Waals surface area (Å²) in [6, 6.07) is 4.40. The Labute approximate surface area is 91.2 Å². The standard InChI is InChI=1S/C10H9ClFNO2/c11-6-1-2-7(8(12)3-6)9-4-13-10(14)5-15-9/h1-3,9H,4-5H2,(H,13,14)/t9-/m0/s1. The minimum atomic E-state index is -0.431. The van der Waals surface area contributed by atoms with E-state index in [1.54, 1.807) is 12.1 Å². The molecule has 1 atom stereocenters. The van der Waals surface area contributed by atoms with Crippen molar-refractivity contribution in [2.75, 3.05) is 13.2 Å². The molecule has 0 unspecified atom stereocenters. The number of hydrogen-bond acceptors (Lipinski definition) is 2. The van der Waals surface area contributed by atoms with Crippen LogP contribution in [0.2, 0.25) is 5.02 Å². The zero-order chi connectivity index (χ0) is 10.8. The molecular weight excluding hydrogens is 221 g/mol. The average molecular weight is 230 g/mol. The Morgan fingerprint density at radius 2 is 2.33 bits per heavy atom. The van der Waals surface area contributed by atoms with Crippen LogP contribution >= 0.6 is 11.6 Å². The zero-order valence-corrected chi connectivity index (χ0v) is 8.55. The molecule has 0 aliphatic carbocycles. The van der Waals surface area contributed by atoms with Crippen molar-refractivity contribution in [1.82, 2.24) is 5.32 Å². The van der Waals surface area contributed by atoms with Gasteiger partial charge in [-0.05, 0) is 12.1 Å². The maximum absolute atomic E-state index is 13.5. The van der Waals surface area contributed by atoms with Crippen LogP contribution in [0, 0.1) is 5.82 Å². The molecule has 0 saturated carbocycles. The molecule has 1 aliphatic rings. The molecule has 1 fully saturated rings. The highest BCUT2D eigenvalue weighted by Crippen LogP contribution is 2.24. The van der Waals surface area contributed by atoms with E-state index in [1.165, 1.54) is 6.07 Å². The molecule has 1 aromatic carbocycles. The first-order chi connectivity index (χ1) is 7.16. The first-order valence-corrected chi connectivity index (χ1v) is 4.88. The molecule has 0 radical (unpaired) electrons. The minimum absolute atomic E-state index is 0.0350. The summed E-state index contributed by atoms with van der Waals surface area (Å²) in [6.45, 7) is 0.254. The second kappa shape index (κ2) is 4.16. The fourth-order valence-electron chi connectivity index (χ4n) is 1.46. The number of hydrogen-bond donors (Lipinski definition) is 1. The fourth-order valence-corrected chi connectivity index (χ4v) is 1.61. The lowest BCUT2D eigenvalue weighted by Crippen LogP contribution is -2.38. The topological polar surface area (TPSA) is 38.3 Å². The van der Waals surface area contributed by atoms with E-state index in [0.29, 0.717) is 10.6 Å². The second-order valence-corrected chi connectivity index (χ2v) is 3.71. The van der Waals surface area contributed by atoms with Gasteiger partial charge in [0.25, 0.3) is 0 Å². The Hall–Kier alpha value is -1.13. The van der Waals surface area contributed by atoms with E-state index in [1.807, 2.05) is 0 Å². The van der Waals surface area contributed by atoms with Crippen molar-refractivity contribution in [3.8, 4) is 0 Å². The smallest absolute Gasteiger partial charge is 0.246 e. The number of benzene rings is 1. The van der Waals surface area contributed by atoms with Crippen molar-refractivity contribution < 1.29 is 13.9 Å². The number of rotatable bonds is 1. The summed E-state index contributed by atoms with van der Waals surface area (Å²) in [6.07, 6.45) is -0.431. The van der Waals surface area contributed by atoms with E-state index in [-0.39, 0.29) is 19.1 Å². The van der Waals surface area contributed by atoms with Gasteiger partial charge in [-0.3, -0.25) is 4.79 Å². The van der Waals surface area contributed by atoms with E-state index in [0.717, 1.165) is 0 Å². The van der Waals surface area contributed by atoms with Crippen molar-refractivity contribution >= 4 is 17.5 Å². The number of carbonyl (C=O) groups excluding carboxylic acids is 1. The third kappa shape index (κ3) is 2.27. The van der Waals surface area contributed by atoms with Crippen LogP contribution in [0.25, 0.3) is 0 Å². The Morgan fingerprint density at radius 3 is 2.93 bits per heavy atom. The molecule has 1 N–H and O–H groups in total. The average Bonchev–Trinajstić information content (AvgIpc) is 2.20. The summed E-state index contributed by atoms with van der Waals surface area (Å²) >= 11 is 5.63. The molecule has 1 amide bonds. The van der Waals surface area contributed by atoms with E-state index < -0.39 is 11.9 Å². The van der Waals surface area contributed by atoms with Crippen molar-refractivity contribution in [2.24, 2.45) is 0 Å². The summed E-state index contributed by atoms with van der Waals surface area (Å²) in [5.41, 5.74) is 0.416. The summed E-state index contributed by atoms with van der Waals surface area (Å²) in [4.78, 5) is 10.8. The maximum Gasteiger partial charge on any atom is 0.246 e. The number of nitrogens with one attached hydrogen (secondary N) is 1. The summed E-state index contributed by atoms with van der Waals surface area (Å²) in [7, 11) is 0.